The molecule has 96 valence electrons. The molecule has 0 aliphatic carbocycles. The minimum absolute atomic E-state index is 0.378. The molecule has 0 saturated heterocycles. The molecular formula is C14H23NO2. The van der Waals surface area contributed by atoms with Crippen molar-refractivity contribution in [2.24, 2.45) is 5.73 Å². The Morgan fingerprint density at radius 2 is 1.88 bits per heavy atom. The van der Waals surface area contributed by atoms with Crippen LogP contribution in [0.15, 0.2) is 6.07 Å². The monoisotopic (exact) mass is 237 g/mol. The first-order chi connectivity index (χ1) is 8.06. The fourth-order valence-corrected chi connectivity index (χ4v) is 2.24. The Morgan fingerprint density at radius 1 is 1.24 bits per heavy atom. The first kappa shape index (κ1) is 13.8. The summed E-state index contributed by atoms with van der Waals surface area (Å²) in [4.78, 5) is 0. The zero-order valence-electron chi connectivity index (χ0n) is 11.5. The molecule has 0 fully saturated rings. The summed E-state index contributed by atoms with van der Waals surface area (Å²) in [5.74, 6) is 2.02. The molecule has 0 heterocycles. The van der Waals surface area contributed by atoms with E-state index < -0.39 is 0 Å². The molecule has 0 spiro atoms. The van der Waals surface area contributed by atoms with Crippen molar-refractivity contribution in [1.82, 2.24) is 0 Å². The third-order valence-electron chi connectivity index (χ3n) is 3.33. The average Bonchev–Trinajstić information content (AvgIpc) is 2.31. The van der Waals surface area contributed by atoms with Crippen molar-refractivity contribution in [2.45, 2.75) is 33.1 Å². The summed E-state index contributed by atoms with van der Waals surface area (Å²) in [5.41, 5.74) is 9.35. The first-order valence-electron chi connectivity index (χ1n) is 5.98. The van der Waals surface area contributed by atoms with Crippen LogP contribution in [0.4, 0.5) is 0 Å². The topological polar surface area (TPSA) is 44.5 Å². The van der Waals surface area contributed by atoms with Crippen LogP contribution in [0.3, 0.4) is 0 Å². The average molecular weight is 237 g/mol. The molecule has 1 unspecified atom stereocenters. The molecule has 0 amide bonds. The fourth-order valence-electron chi connectivity index (χ4n) is 2.24. The van der Waals surface area contributed by atoms with Gasteiger partial charge in [0.2, 0.25) is 0 Å². The van der Waals surface area contributed by atoms with Crippen molar-refractivity contribution >= 4 is 0 Å². The van der Waals surface area contributed by atoms with Crippen molar-refractivity contribution < 1.29 is 9.47 Å². The van der Waals surface area contributed by atoms with Crippen LogP contribution in [0.5, 0.6) is 11.5 Å². The third kappa shape index (κ3) is 2.72. The van der Waals surface area contributed by atoms with Gasteiger partial charge in [-0.25, -0.2) is 0 Å². The second-order valence-electron chi connectivity index (χ2n) is 4.45. The van der Waals surface area contributed by atoms with E-state index in [2.05, 4.69) is 20.8 Å². The number of nitrogens with two attached hydrogens (primary N) is 1. The number of hydrogen-bond acceptors (Lipinski definition) is 3. The zero-order chi connectivity index (χ0) is 13.0. The van der Waals surface area contributed by atoms with Crippen LogP contribution in [0.1, 0.15) is 36.0 Å². The summed E-state index contributed by atoms with van der Waals surface area (Å²) in [7, 11) is 3.36. The standard InChI is InChI=1S/C14H23NO2/c1-9(6-7-15)13-11(3)10(2)8-12(16-4)14(13)17-5/h8-9H,6-7,15H2,1-5H3. The van der Waals surface area contributed by atoms with E-state index in [0.717, 1.165) is 17.9 Å². The molecule has 1 aromatic rings. The number of aryl methyl sites for hydroxylation is 1. The minimum atomic E-state index is 0.378. The Balaban J connectivity index is 3.37. The van der Waals surface area contributed by atoms with Crippen LogP contribution in [0.2, 0.25) is 0 Å². The van der Waals surface area contributed by atoms with Crippen molar-refractivity contribution in [1.29, 1.82) is 0 Å². The quantitative estimate of drug-likeness (QED) is 0.856. The molecule has 3 heteroatoms. The SMILES string of the molecule is COc1cc(C)c(C)c(C(C)CCN)c1OC. The van der Waals surface area contributed by atoms with Gasteiger partial charge >= 0.3 is 0 Å². The van der Waals surface area contributed by atoms with Crippen molar-refractivity contribution in [3.63, 3.8) is 0 Å². The Kier molecular flexibility index (Phi) is 4.82. The van der Waals surface area contributed by atoms with Crippen molar-refractivity contribution in [2.75, 3.05) is 20.8 Å². The van der Waals surface area contributed by atoms with E-state index in [1.807, 2.05) is 6.07 Å². The maximum Gasteiger partial charge on any atom is 0.164 e. The number of ether oxygens (including phenoxy) is 2. The van der Waals surface area contributed by atoms with Gasteiger partial charge in [-0.1, -0.05) is 6.92 Å². The van der Waals surface area contributed by atoms with Crippen LogP contribution in [0, 0.1) is 13.8 Å². The molecule has 1 aromatic carbocycles. The molecule has 0 saturated carbocycles. The smallest absolute Gasteiger partial charge is 0.164 e. The molecule has 1 atom stereocenters. The van der Waals surface area contributed by atoms with E-state index in [0.29, 0.717) is 12.5 Å². The van der Waals surface area contributed by atoms with E-state index in [4.69, 9.17) is 15.2 Å². The predicted octanol–water partition coefficient (Wildman–Crippen LogP) is 2.77. The van der Waals surface area contributed by atoms with Crippen LogP contribution < -0.4 is 15.2 Å². The highest BCUT2D eigenvalue weighted by Gasteiger charge is 2.19. The summed E-state index contributed by atoms with van der Waals surface area (Å²) in [5, 5.41) is 0. The summed E-state index contributed by atoms with van der Waals surface area (Å²) < 4.78 is 10.9. The van der Waals surface area contributed by atoms with E-state index >= 15 is 0 Å². The van der Waals surface area contributed by atoms with Gasteiger partial charge < -0.3 is 15.2 Å². The normalized spacial score (nSPS) is 12.4. The summed E-state index contributed by atoms with van der Waals surface area (Å²) in [6, 6.07) is 2.02. The van der Waals surface area contributed by atoms with E-state index in [-0.39, 0.29) is 0 Å². The molecule has 1 rings (SSSR count). The minimum Gasteiger partial charge on any atom is -0.493 e. The van der Waals surface area contributed by atoms with Gasteiger partial charge in [0.05, 0.1) is 14.2 Å². The molecule has 2 N–H and O–H groups in total. The van der Waals surface area contributed by atoms with Gasteiger partial charge in [-0.15, -0.1) is 0 Å². The molecule has 0 aliphatic rings. The second kappa shape index (κ2) is 5.92. The highest BCUT2D eigenvalue weighted by Crippen LogP contribution is 2.40. The lowest BCUT2D eigenvalue weighted by atomic mass is 9.90. The van der Waals surface area contributed by atoms with Gasteiger partial charge in [0.1, 0.15) is 0 Å². The lowest BCUT2D eigenvalue weighted by Crippen LogP contribution is -2.09. The van der Waals surface area contributed by atoms with Gasteiger partial charge in [-0.2, -0.15) is 0 Å². The number of benzene rings is 1. The predicted molar refractivity (Wildman–Crippen MR) is 71.1 cm³/mol. The molecule has 0 aromatic heterocycles. The lowest BCUT2D eigenvalue weighted by Gasteiger charge is -2.21. The Bertz CT molecular complexity index is 388. The molecule has 0 aliphatic heterocycles. The molecule has 0 bridgehead atoms. The van der Waals surface area contributed by atoms with Gasteiger partial charge in [-0.3, -0.25) is 0 Å². The zero-order valence-corrected chi connectivity index (χ0v) is 11.5. The third-order valence-corrected chi connectivity index (χ3v) is 3.33. The Labute approximate surface area is 104 Å². The van der Waals surface area contributed by atoms with E-state index in [9.17, 15) is 0 Å². The van der Waals surface area contributed by atoms with Crippen LogP contribution >= 0.6 is 0 Å². The summed E-state index contributed by atoms with van der Waals surface area (Å²) in [6.45, 7) is 7.08. The first-order valence-corrected chi connectivity index (χ1v) is 5.98. The molecular weight excluding hydrogens is 214 g/mol. The maximum atomic E-state index is 5.64. The molecule has 17 heavy (non-hydrogen) atoms. The summed E-state index contributed by atoms with van der Waals surface area (Å²) >= 11 is 0. The van der Waals surface area contributed by atoms with Gasteiger partial charge in [0.25, 0.3) is 0 Å². The van der Waals surface area contributed by atoms with Gasteiger partial charge in [0, 0.05) is 5.56 Å². The highest BCUT2D eigenvalue weighted by atomic mass is 16.5. The van der Waals surface area contributed by atoms with Crippen molar-refractivity contribution in [3.8, 4) is 11.5 Å². The van der Waals surface area contributed by atoms with Gasteiger partial charge in [-0.05, 0) is 49.9 Å². The Hall–Kier alpha value is -1.22. The van der Waals surface area contributed by atoms with E-state index in [1.165, 1.54) is 16.7 Å². The highest BCUT2D eigenvalue weighted by molar-refractivity contribution is 5.55. The number of hydrogen-bond donors (Lipinski definition) is 1. The molecule has 3 nitrogen and oxygen atoms in total. The summed E-state index contributed by atoms with van der Waals surface area (Å²) in [6.07, 6.45) is 0.948. The van der Waals surface area contributed by atoms with Crippen LogP contribution in [-0.4, -0.2) is 20.8 Å². The fraction of sp³-hybridized carbons (Fsp3) is 0.571. The second-order valence-corrected chi connectivity index (χ2v) is 4.45. The van der Waals surface area contributed by atoms with Crippen LogP contribution in [-0.2, 0) is 0 Å². The Morgan fingerprint density at radius 3 is 2.35 bits per heavy atom. The number of methoxy groups -OCH3 is 2. The maximum absolute atomic E-state index is 5.64. The van der Waals surface area contributed by atoms with E-state index in [1.54, 1.807) is 14.2 Å². The van der Waals surface area contributed by atoms with Gasteiger partial charge in [0.15, 0.2) is 11.5 Å². The number of rotatable bonds is 5. The lowest BCUT2D eigenvalue weighted by molar-refractivity contribution is 0.348. The molecule has 0 radical (unpaired) electrons. The van der Waals surface area contributed by atoms with Crippen LogP contribution in [0.25, 0.3) is 0 Å². The van der Waals surface area contributed by atoms with Crippen molar-refractivity contribution in [3.05, 3.63) is 22.8 Å². The largest absolute Gasteiger partial charge is 0.493 e.